The van der Waals surface area contributed by atoms with Crippen molar-refractivity contribution in [2.75, 3.05) is 26.1 Å². The average molecular weight is 382 g/mol. The van der Waals surface area contributed by atoms with Crippen LogP contribution in [0.1, 0.15) is 23.9 Å². The number of nitrogens with zero attached hydrogens (tertiary/aromatic N) is 6. The first kappa shape index (κ1) is 19.0. The Balaban J connectivity index is 1.93. The molecule has 2 aromatic heterocycles. The molecule has 0 unspecified atom stereocenters. The molecule has 0 bridgehead atoms. The third kappa shape index (κ3) is 3.69. The molecule has 0 aliphatic rings. The van der Waals surface area contributed by atoms with Gasteiger partial charge in [0.25, 0.3) is 0 Å². The molecular weight excluding hydrogens is 360 g/mol. The van der Waals surface area contributed by atoms with E-state index in [2.05, 4.69) is 13.0 Å². The van der Waals surface area contributed by atoms with Crippen molar-refractivity contribution < 1.29 is 4.74 Å². The summed E-state index contributed by atoms with van der Waals surface area (Å²) < 4.78 is 7.22. The minimum absolute atomic E-state index is 0.528. The van der Waals surface area contributed by atoms with E-state index in [9.17, 15) is 5.26 Å². The fourth-order valence-corrected chi connectivity index (χ4v) is 3.62. The number of aryl methyl sites for hydroxylation is 2. The molecule has 0 saturated heterocycles. The molecular formula is C19H22N6OS. The number of nitriles is 1. The summed E-state index contributed by atoms with van der Waals surface area (Å²) in [6, 6.07) is 7.78. The zero-order valence-electron chi connectivity index (χ0n) is 16.1. The first-order valence-corrected chi connectivity index (χ1v) is 9.57. The molecule has 0 aliphatic carbocycles. The van der Waals surface area contributed by atoms with E-state index in [1.165, 1.54) is 11.8 Å². The van der Waals surface area contributed by atoms with Crippen LogP contribution in [0.3, 0.4) is 0 Å². The third-order valence-corrected chi connectivity index (χ3v) is 5.18. The fraction of sp³-hybridized carbons (Fsp3) is 0.368. The van der Waals surface area contributed by atoms with Crippen LogP contribution in [0.5, 0.6) is 5.75 Å². The summed E-state index contributed by atoms with van der Waals surface area (Å²) in [6.45, 7) is 2.08. The molecule has 0 radical (unpaired) electrons. The van der Waals surface area contributed by atoms with Crippen molar-refractivity contribution in [3.8, 4) is 11.8 Å². The van der Waals surface area contributed by atoms with Gasteiger partial charge in [0.15, 0.2) is 22.1 Å². The second-order valence-electron chi connectivity index (χ2n) is 6.27. The van der Waals surface area contributed by atoms with Gasteiger partial charge in [-0.25, -0.2) is 15.0 Å². The molecule has 140 valence electrons. The largest absolute Gasteiger partial charge is 0.495 e. The molecule has 0 spiro atoms. The van der Waals surface area contributed by atoms with Gasteiger partial charge in [0.1, 0.15) is 17.6 Å². The summed E-state index contributed by atoms with van der Waals surface area (Å²) in [7, 11) is 7.46. The van der Waals surface area contributed by atoms with Crippen LogP contribution in [-0.4, -0.2) is 40.7 Å². The topological polar surface area (TPSA) is 79.9 Å². The summed E-state index contributed by atoms with van der Waals surface area (Å²) in [5.41, 5.74) is 3.20. The van der Waals surface area contributed by atoms with Crippen molar-refractivity contribution in [1.29, 1.82) is 5.26 Å². The number of benzene rings is 1. The maximum atomic E-state index is 9.25. The van der Waals surface area contributed by atoms with Crippen LogP contribution in [0, 0.1) is 11.3 Å². The number of hydrogen-bond acceptors (Lipinski definition) is 7. The van der Waals surface area contributed by atoms with Gasteiger partial charge in [0, 0.05) is 33.3 Å². The number of imidazole rings is 1. The van der Waals surface area contributed by atoms with Crippen molar-refractivity contribution in [1.82, 2.24) is 19.5 Å². The molecule has 27 heavy (non-hydrogen) atoms. The van der Waals surface area contributed by atoms with Gasteiger partial charge >= 0.3 is 0 Å². The minimum atomic E-state index is 0.528. The number of methoxy groups -OCH3 is 1. The quantitative estimate of drug-likeness (QED) is 0.478. The maximum Gasteiger partial charge on any atom is 0.191 e. The van der Waals surface area contributed by atoms with Gasteiger partial charge in [-0.3, -0.25) is 0 Å². The molecule has 0 amide bonds. The molecule has 8 heteroatoms. The normalized spacial score (nSPS) is 10.8. The van der Waals surface area contributed by atoms with Crippen molar-refractivity contribution in [3.63, 3.8) is 0 Å². The first-order chi connectivity index (χ1) is 13.0. The smallest absolute Gasteiger partial charge is 0.191 e. The van der Waals surface area contributed by atoms with Crippen LogP contribution < -0.4 is 9.64 Å². The Kier molecular flexibility index (Phi) is 5.51. The second-order valence-corrected chi connectivity index (χ2v) is 7.21. The molecule has 2 heterocycles. The summed E-state index contributed by atoms with van der Waals surface area (Å²) in [5.74, 6) is 3.04. The van der Waals surface area contributed by atoms with Gasteiger partial charge in [-0.1, -0.05) is 24.8 Å². The van der Waals surface area contributed by atoms with Crippen LogP contribution in [0.15, 0.2) is 23.4 Å². The minimum Gasteiger partial charge on any atom is -0.495 e. The molecule has 0 aliphatic heterocycles. The maximum absolute atomic E-state index is 9.25. The highest BCUT2D eigenvalue weighted by molar-refractivity contribution is 7.98. The standard InChI is InChI=1S/C19H22N6OS/c1-6-15-21-16-17(24(2)3)22-19(23-18(16)25(15)4)27-11-12-7-8-14(26-5)13(9-12)10-20/h7-9H,6,11H2,1-5H3. The summed E-state index contributed by atoms with van der Waals surface area (Å²) >= 11 is 1.54. The zero-order valence-corrected chi connectivity index (χ0v) is 17.0. The van der Waals surface area contributed by atoms with Crippen LogP contribution in [-0.2, 0) is 19.2 Å². The molecule has 3 aromatic rings. The van der Waals surface area contributed by atoms with Gasteiger partial charge in [0.2, 0.25) is 0 Å². The Morgan fingerprint density at radius 1 is 1.26 bits per heavy atom. The highest BCUT2D eigenvalue weighted by atomic mass is 32.2. The van der Waals surface area contributed by atoms with Crippen molar-refractivity contribution in [2.45, 2.75) is 24.3 Å². The zero-order chi connectivity index (χ0) is 19.6. The molecule has 7 nitrogen and oxygen atoms in total. The second kappa shape index (κ2) is 7.84. The van der Waals surface area contributed by atoms with Crippen LogP contribution in [0.25, 0.3) is 11.2 Å². The number of ether oxygens (including phenoxy) is 1. The van der Waals surface area contributed by atoms with Crippen LogP contribution >= 0.6 is 11.8 Å². The van der Waals surface area contributed by atoms with E-state index in [-0.39, 0.29) is 0 Å². The van der Waals surface area contributed by atoms with Gasteiger partial charge < -0.3 is 14.2 Å². The van der Waals surface area contributed by atoms with Gasteiger partial charge in [-0.05, 0) is 17.7 Å². The Morgan fingerprint density at radius 2 is 2.04 bits per heavy atom. The number of fused-ring (bicyclic) bond motifs is 1. The van der Waals surface area contributed by atoms with Gasteiger partial charge in [-0.15, -0.1) is 0 Å². The van der Waals surface area contributed by atoms with Crippen molar-refractivity contribution in [2.24, 2.45) is 7.05 Å². The first-order valence-electron chi connectivity index (χ1n) is 8.59. The summed E-state index contributed by atoms with van der Waals surface area (Å²) in [6.07, 6.45) is 0.838. The van der Waals surface area contributed by atoms with Crippen LogP contribution in [0.2, 0.25) is 0 Å². The van der Waals surface area contributed by atoms with Gasteiger partial charge in [0.05, 0.1) is 12.7 Å². The Hall–Kier alpha value is -2.79. The Morgan fingerprint density at radius 3 is 2.67 bits per heavy atom. The molecule has 3 rings (SSSR count). The third-order valence-electron chi connectivity index (χ3n) is 4.26. The number of aromatic nitrogens is 4. The molecule has 0 N–H and O–H groups in total. The average Bonchev–Trinajstić information content (AvgIpc) is 3.01. The highest BCUT2D eigenvalue weighted by Crippen LogP contribution is 2.29. The number of anilines is 1. The predicted molar refractivity (Wildman–Crippen MR) is 107 cm³/mol. The van der Waals surface area contributed by atoms with E-state index in [1.807, 2.05) is 48.8 Å². The lowest BCUT2D eigenvalue weighted by molar-refractivity contribution is 0.413. The Labute approximate surface area is 163 Å². The van der Waals surface area contributed by atoms with E-state index >= 15 is 0 Å². The molecule has 0 saturated carbocycles. The Bertz CT molecular complexity index is 1020. The van der Waals surface area contributed by atoms with E-state index in [1.54, 1.807) is 7.11 Å². The SMILES string of the molecule is CCc1nc2c(N(C)C)nc(SCc3ccc(OC)c(C#N)c3)nc2n1C. The lowest BCUT2D eigenvalue weighted by Gasteiger charge is -2.13. The number of thioether (sulfide) groups is 1. The van der Waals surface area contributed by atoms with E-state index in [0.717, 1.165) is 34.8 Å². The highest BCUT2D eigenvalue weighted by Gasteiger charge is 2.17. The monoisotopic (exact) mass is 382 g/mol. The van der Waals surface area contributed by atoms with E-state index < -0.39 is 0 Å². The molecule has 1 aromatic carbocycles. The van der Waals surface area contributed by atoms with E-state index in [0.29, 0.717) is 22.2 Å². The summed E-state index contributed by atoms with van der Waals surface area (Å²) in [5, 5.41) is 9.94. The van der Waals surface area contributed by atoms with Crippen molar-refractivity contribution >= 4 is 28.7 Å². The summed E-state index contributed by atoms with van der Waals surface area (Å²) in [4.78, 5) is 16.1. The fourth-order valence-electron chi connectivity index (χ4n) is 2.85. The predicted octanol–water partition coefficient (Wildman–Crippen LogP) is 3.16. The van der Waals surface area contributed by atoms with Gasteiger partial charge in [-0.2, -0.15) is 5.26 Å². The number of hydrogen-bond donors (Lipinski definition) is 0. The lowest BCUT2D eigenvalue weighted by Crippen LogP contribution is -2.12. The molecule has 0 atom stereocenters. The number of rotatable bonds is 6. The molecule has 0 fully saturated rings. The van der Waals surface area contributed by atoms with E-state index in [4.69, 9.17) is 19.7 Å². The van der Waals surface area contributed by atoms with Crippen molar-refractivity contribution in [3.05, 3.63) is 35.2 Å². The lowest BCUT2D eigenvalue weighted by atomic mass is 10.1. The van der Waals surface area contributed by atoms with Crippen LogP contribution in [0.4, 0.5) is 5.82 Å².